The van der Waals surface area contributed by atoms with E-state index in [0.29, 0.717) is 17.3 Å². The largest absolute Gasteiger partial charge is 0.417 e. The van der Waals surface area contributed by atoms with E-state index in [0.717, 1.165) is 18.1 Å². The lowest BCUT2D eigenvalue weighted by atomic mass is 10.1. The van der Waals surface area contributed by atoms with Crippen LogP contribution in [0.4, 0.5) is 30.2 Å². The minimum absolute atomic E-state index is 0.0263. The van der Waals surface area contributed by atoms with Crippen molar-refractivity contribution in [3.63, 3.8) is 0 Å². The van der Waals surface area contributed by atoms with Crippen molar-refractivity contribution in [2.75, 3.05) is 16.9 Å². The molecule has 0 atom stereocenters. The lowest BCUT2D eigenvalue weighted by Gasteiger charge is -2.14. The maximum absolute atomic E-state index is 12.7. The fourth-order valence-electron chi connectivity index (χ4n) is 1.93. The second kappa shape index (κ2) is 6.67. The summed E-state index contributed by atoms with van der Waals surface area (Å²) in [4.78, 5) is 0. The van der Waals surface area contributed by atoms with Crippen LogP contribution in [0.5, 0.6) is 0 Å². The molecule has 0 aliphatic rings. The van der Waals surface area contributed by atoms with Crippen LogP contribution < -0.4 is 11.1 Å². The zero-order chi connectivity index (χ0) is 16.3. The molecule has 0 saturated carbocycles. The molecule has 3 N–H and O–H groups in total. The topological polar surface area (TPSA) is 38.0 Å². The second-order valence-corrected chi connectivity index (χ2v) is 5.46. The van der Waals surface area contributed by atoms with Crippen molar-refractivity contribution in [3.05, 3.63) is 52.5 Å². The van der Waals surface area contributed by atoms with Crippen LogP contribution in [0.1, 0.15) is 11.1 Å². The normalized spacial score (nSPS) is 11.5. The minimum atomic E-state index is -4.53. The third kappa shape index (κ3) is 3.99. The van der Waals surface area contributed by atoms with E-state index >= 15 is 0 Å². The standard InChI is InChI=1S/C15H13Cl2F3N2/c16-6-5-9-1-3-10(4-2-9)22-14-8-12(17)11(7-13(14)21)15(18,19)20/h1-4,7-8,22H,5-6,21H2. The molecule has 0 bridgehead atoms. The molecule has 0 spiro atoms. The van der Waals surface area contributed by atoms with E-state index in [1.165, 1.54) is 6.07 Å². The van der Waals surface area contributed by atoms with Crippen molar-refractivity contribution in [2.24, 2.45) is 0 Å². The molecule has 2 aromatic carbocycles. The number of nitrogens with two attached hydrogens (primary N) is 1. The summed E-state index contributed by atoms with van der Waals surface area (Å²) in [5, 5.41) is 2.55. The molecular formula is C15H13Cl2F3N2. The number of halogens is 5. The fraction of sp³-hybridized carbons (Fsp3) is 0.200. The average molecular weight is 349 g/mol. The molecule has 0 amide bonds. The predicted molar refractivity (Wildman–Crippen MR) is 85.0 cm³/mol. The molecule has 0 heterocycles. The highest BCUT2D eigenvalue weighted by atomic mass is 35.5. The first-order valence-corrected chi connectivity index (χ1v) is 7.30. The van der Waals surface area contributed by atoms with E-state index in [2.05, 4.69) is 5.32 Å². The van der Waals surface area contributed by atoms with Crippen LogP contribution in [0.3, 0.4) is 0 Å². The Morgan fingerprint density at radius 3 is 2.27 bits per heavy atom. The summed E-state index contributed by atoms with van der Waals surface area (Å²) in [6.07, 6.45) is -3.79. The smallest absolute Gasteiger partial charge is 0.397 e. The lowest BCUT2D eigenvalue weighted by molar-refractivity contribution is -0.137. The summed E-state index contributed by atoms with van der Waals surface area (Å²) in [5.41, 5.74) is 6.78. The number of anilines is 3. The maximum Gasteiger partial charge on any atom is 0.417 e. The van der Waals surface area contributed by atoms with Crippen LogP contribution in [0.2, 0.25) is 5.02 Å². The molecule has 2 nitrogen and oxygen atoms in total. The summed E-state index contributed by atoms with van der Waals surface area (Å²) in [6.45, 7) is 0. The monoisotopic (exact) mass is 348 g/mol. The molecule has 0 aliphatic heterocycles. The van der Waals surface area contributed by atoms with E-state index in [-0.39, 0.29) is 5.69 Å². The van der Waals surface area contributed by atoms with E-state index in [1.807, 2.05) is 12.1 Å². The van der Waals surface area contributed by atoms with Crippen molar-refractivity contribution in [2.45, 2.75) is 12.6 Å². The first-order valence-electron chi connectivity index (χ1n) is 6.39. The van der Waals surface area contributed by atoms with E-state index < -0.39 is 16.8 Å². The van der Waals surface area contributed by atoms with Gasteiger partial charge in [-0.1, -0.05) is 23.7 Å². The number of hydrogen-bond acceptors (Lipinski definition) is 2. The van der Waals surface area contributed by atoms with Crippen LogP contribution in [0.15, 0.2) is 36.4 Å². The van der Waals surface area contributed by atoms with E-state index in [1.54, 1.807) is 12.1 Å². The van der Waals surface area contributed by atoms with Gasteiger partial charge in [-0.25, -0.2) is 0 Å². The van der Waals surface area contributed by atoms with Crippen LogP contribution in [0.25, 0.3) is 0 Å². The lowest BCUT2D eigenvalue weighted by Crippen LogP contribution is -2.08. The zero-order valence-corrected chi connectivity index (χ0v) is 12.9. The maximum atomic E-state index is 12.7. The molecule has 0 saturated heterocycles. The van der Waals surface area contributed by atoms with Gasteiger partial charge in [-0.3, -0.25) is 0 Å². The molecule has 0 fully saturated rings. The number of aryl methyl sites for hydroxylation is 1. The van der Waals surface area contributed by atoms with Crippen molar-refractivity contribution in [1.82, 2.24) is 0 Å². The third-order valence-corrected chi connectivity index (χ3v) is 3.56. The van der Waals surface area contributed by atoms with Gasteiger partial charge in [0.25, 0.3) is 0 Å². The van der Waals surface area contributed by atoms with Gasteiger partial charge in [0.15, 0.2) is 0 Å². The molecule has 2 aromatic rings. The van der Waals surface area contributed by atoms with Crippen LogP contribution in [-0.2, 0) is 12.6 Å². The number of alkyl halides is 4. The Labute approximate surface area is 136 Å². The first kappa shape index (κ1) is 16.8. The highest BCUT2D eigenvalue weighted by Gasteiger charge is 2.33. The van der Waals surface area contributed by atoms with Gasteiger partial charge in [0, 0.05) is 11.6 Å². The summed E-state index contributed by atoms with van der Waals surface area (Å²) in [6, 6.07) is 9.36. The first-order chi connectivity index (χ1) is 10.3. The Morgan fingerprint density at radius 1 is 1.09 bits per heavy atom. The fourth-order valence-corrected chi connectivity index (χ4v) is 2.42. The van der Waals surface area contributed by atoms with Gasteiger partial charge in [0.2, 0.25) is 0 Å². The predicted octanol–water partition coefficient (Wildman–Crippen LogP) is 5.47. The molecule has 118 valence electrons. The molecule has 0 aliphatic carbocycles. The summed E-state index contributed by atoms with van der Waals surface area (Å²) in [7, 11) is 0. The summed E-state index contributed by atoms with van der Waals surface area (Å²) >= 11 is 11.3. The highest BCUT2D eigenvalue weighted by Crippen LogP contribution is 2.39. The molecule has 0 radical (unpaired) electrons. The zero-order valence-electron chi connectivity index (χ0n) is 11.3. The Kier molecular flexibility index (Phi) is 5.08. The SMILES string of the molecule is Nc1cc(C(F)(F)F)c(Cl)cc1Nc1ccc(CCCl)cc1. The Morgan fingerprint density at radius 2 is 1.73 bits per heavy atom. The molecule has 7 heteroatoms. The van der Waals surface area contributed by atoms with Crippen molar-refractivity contribution < 1.29 is 13.2 Å². The number of benzene rings is 2. The van der Waals surface area contributed by atoms with Gasteiger partial charge in [0.1, 0.15) is 0 Å². The number of rotatable bonds is 4. The minimum Gasteiger partial charge on any atom is -0.397 e. The summed E-state index contributed by atoms with van der Waals surface area (Å²) in [5.74, 6) is 0.522. The Bertz CT molecular complexity index is 655. The Balaban J connectivity index is 2.25. The summed E-state index contributed by atoms with van der Waals surface area (Å²) < 4.78 is 38.2. The van der Waals surface area contributed by atoms with E-state index in [4.69, 9.17) is 28.9 Å². The number of nitrogen functional groups attached to an aromatic ring is 1. The number of nitrogens with one attached hydrogen (secondary N) is 1. The molecule has 0 unspecified atom stereocenters. The molecular weight excluding hydrogens is 336 g/mol. The molecule has 0 aromatic heterocycles. The van der Waals surface area contributed by atoms with Crippen LogP contribution in [0, 0.1) is 0 Å². The van der Waals surface area contributed by atoms with Crippen molar-refractivity contribution in [1.29, 1.82) is 0 Å². The van der Waals surface area contributed by atoms with Crippen LogP contribution >= 0.6 is 23.2 Å². The number of hydrogen-bond donors (Lipinski definition) is 2. The Hall–Kier alpha value is -1.59. The highest BCUT2D eigenvalue weighted by molar-refractivity contribution is 6.32. The average Bonchev–Trinajstić information content (AvgIpc) is 2.43. The van der Waals surface area contributed by atoms with E-state index in [9.17, 15) is 13.2 Å². The van der Waals surface area contributed by atoms with Gasteiger partial charge in [0.05, 0.1) is 22.0 Å². The van der Waals surface area contributed by atoms with Gasteiger partial charge in [-0.05, 0) is 36.2 Å². The van der Waals surface area contributed by atoms with Gasteiger partial charge >= 0.3 is 6.18 Å². The van der Waals surface area contributed by atoms with Crippen molar-refractivity contribution in [3.8, 4) is 0 Å². The van der Waals surface area contributed by atoms with Gasteiger partial charge < -0.3 is 11.1 Å². The van der Waals surface area contributed by atoms with Crippen LogP contribution in [-0.4, -0.2) is 5.88 Å². The second-order valence-electron chi connectivity index (χ2n) is 4.68. The van der Waals surface area contributed by atoms with Gasteiger partial charge in [-0.15, -0.1) is 11.6 Å². The molecule has 22 heavy (non-hydrogen) atoms. The quantitative estimate of drug-likeness (QED) is 0.568. The van der Waals surface area contributed by atoms with Gasteiger partial charge in [-0.2, -0.15) is 13.2 Å². The molecule has 2 rings (SSSR count). The van der Waals surface area contributed by atoms with Crippen molar-refractivity contribution >= 4 is 40.3 Å². The third-order valence-electron chi connectivity index (χ3n) is 3.06.